The maximum atomic E-state index is 12.2. The lowest BCUT2D eigenvalue weighted by molar-refractivity contribution is -0.113. The molecular formula is C20H13Br2N3O2S. The van der Waals surface area contributed by atoms with E-state index in [0.717, 1.165) is 25.3 Å². The summed E-state index contributed by atoms with van der Waals surface area (Å²) in [6.07, 6.45) is 0. The molecule has 1 N–H and O–H groups in total. The molecular weight excluding hydrogens is 506 g/mol. The lowest BCUT2D eigenvalue weighted by Gasteiger charge is -2.05. The van der Waals surface area contributed by atoms with Crippen LogP contribution in [-0.2, 0) is 4.79 Å². The second-order valence-electron chi connectivity index (χ2n) is 5.87. The monoisotopic (exact) mass is 517 g/mol. The number of hydrogen-bond acceptors (Lipinski definition) is 5. The fourth-order valence-corrected chi connectivity index (χ4v) is 3.88. The standard InChI is InChI=1S/C20H13Br2N3O2S/c21-16-9-8-13(10-17(16)22)23-18(26)11-28-20-25-24-19(27-20)15-7-3-5-12-4-1-2-6-14(12)15/h1-10H,11H2,(H,23,26). The second-order valence-corrected chi connectivity index (χ2v) is 8.50. The molecule has 0 aliphatic carbocycles. The number of thioether (sulfide) groups is 1. The number of halogens is 2. The van der Waals surface area contributed by atoms with E-state index >= 15 is 0 Å². The largest absolute Gasteiger partial charge is 0.411 e. The van der Waals surface area contributed by atoms with Gasteiger partial charge < -0.3 is 9.73 Å². The summed E-state index contributed by atoms with van der Waals surface area (Å²) in [5, 5.41) is 13.5. The number of benzene rings is 3. The molecule has 1 heterocycles. The van der Waals surface area contributed by atoms with Gasteiger partial charge in [0.15, 0.2) is 0 Å². The molecule has 4 aromatic rings. The van der Waals surface area contributed by atoms with E-state index in [1.807, 2.05) is 60.7 Å². The topological polar surface area (TPSA) is 68.0 Å². The third kappa shape index (κ3) is 4.29. The lowest BCUT2D eigenvalue weighted by Crippen LogP contribution is -2.13. The quantitative estimate of drug-likeness (QED) is 0.321. The third-order valence-corrected chi connectivity index (χ3v) is 6.65. The van der Waals surface area contributed by atoms with Gasteiger partial charge in [-0.1, -0.05) is 48.2 Å². The highest BCUT2D eigenvalue weighted by Crippen LogP contribution is 2.30. The number of rotatable bonds is 5. The number of carbonyl (C=O) groups excluding carboxylic acids is 1. The highest BCUT2D eigenvalue weighted by Gasteiger charge is 2.13. The maximum Gasteiger partial charge on any atom is 0.277 e. The molecule has 3 aromatic carbocycles. The minimum absolute atomic E-state index is 0.149. The van der Waals surface area contributed by atoms with Gasteiger partial charge in [-0.3, -0.25) is 4.79 Å². The fourth-order valence-electron chi connectivity index (χ4n) is 2.69. The first-order valence-corrected chi connectivity index (χ1v) is 10.9. The zero-order valence-electron chi connectivity index (χ0n) is 14.4. The Bertz CT molecular complexity index is 1160. The van der Waals surface area contributed by atoms with Crippen molar-refractivity contribution in [3.05, 3.63) is 69.6 Å². The van der Waals surface area contributed by atoms with Crippen LogP contribution in [0.3, 0.4) is 0 Å². The summed E-state index contributed by atoms with van der Waals surface area (Å²) in [4.78, 5) is 12.2. The Labute approximate surface area is 182 Å². The molecule has 0 aliphatic rings. The van der Waals surface area contributed by atoms with Crippen molar-refractivity contribution in [3.8, 4) is 11.5 Å². The van der Waals surface area contributed by atoms with Crippen LogP contribution in [0.4, 0.5) is 5.69 Å². The summed E-state index contributed by atoms with van der Waals surface area (Å²) in [5.74, 6) is 0.464. The van der Waals surface area contributed by atoms with Crippen molar-refractivity contribution in [2.45, 2.75) is 5.22 Å². The van der Waals surface area contributed by atoms with E-state index < -0.39 is 0 Å². The van der Waals surface area contributed by atoms with Gasteiger partial charge in [0.2, 0.25) is 11.8 Å². The van der Waals surface area contributed by atoms with Crippen LogP contribution < -0.4 is 5.32 Å². The summed E-state index contributed by atoms with van der Waals surface area (Å²) in [6.45, 7) is 0. The summed E-state index contributed by atoms with van der Waals surface area (Å²) < 4.78 is 7.55. The van der Waals surface area contributed by atoms with Crippen molar-refractivity contribution >= 4 is 66.0 Å². The van der Waals surface area contributed by atoms with E-state index in [1.54, 1.807) is 0 Å². The molecule has 1 amide bonds. The lowest BCUT2D eigenvalue weighted by atomic mass is 10.0. The summed E-state index contributed by atoms with van der Waals surface area (Å²) in [5.41, 5.74) is 1.59. The van der Waals surface area contributed by atoms with Crippen molar-refractivity contribution < 1.29 is 9.21 Å². The van der Waals surface area contributed by atoms with E-state index in [1.165, 1.54) is 11.8 Å². The molecule has 0 radical (unpaired) electrons. The molecule has 0 bridgehead atoms. The zero-order chi connectivity index (χ0) is 19.5. The minimum Gasteiger partial charge on any atom is -0.411 e. The predicted octanol–water partition coefficient (Wildman–Crippen LogP) is 6.15. The molecule has 0 spiro atoms. The Kier molecular flexibility index (Phi) is 5.79. The van der Waals surface area contributed by atoms with Crippen LogP contribution in [0.1, 0.15) is 0 Å². The molecule has 0 saturated carbocycles. The molecule has 0 atom stereocenters. The van der Waals surface area contributed by atoms with Crippen LogP contribution in [0.2, 0.25) is 0 Å². The van der Waals surface area contributed by atoms with Gasteiger partial charge in [0.25, 0.3) is 5.22 Å². The van der Waals surface area contributed by atoms with Gasteiger partial charge in [0.1, 0.15) is 0 Å². The molecule has 140 valence electrons. The van der Waals surface area contributed by atoms with Crippen LogP contribution >= 0.6 is 43.6 Å². The number of fused-ring (bicyclic) bond motifs is 1. The van der Waals surface area contributed by atoms with Gasteiger partial charge in [-0.15, -0.1) is 10.2 Å². The van der Waals surface area contributed by atoms with Crippen LogP contribution in [0, 0.1) is 0 Å². The van der Waals surface area contributed by atoms with Crippen LogP contribution in [0.25, 0.3) is 22.2 Å². The van der Waals surface area contributed by atoms with E-state index in [-0.39, 0.29) is 11.7 Å². The number of nitrogens with one attached hydrogen (secondary N) is 1. The number of hydrogen-bond donors (Lipinski definition) is 1. The van der Waals surface area contributed by atoms with Gasteiger partial charge >= 0.3 is 0 Å². The van der Waals surface area contributed by atoms with Crippen LogP contribution in [0.15, 0.2) is 79.2 Å². The van der Waals surface area contributed by atoms with Crippen LogP contribution in [0.5, 0.6) is 0 Å². The van der Waals surface area contributed by atoms with Crippen molar-refractivity contribution in [2.75, 3.05) is 11.1 Å². The third-order valence-electron chi connectivity index (χ3n) is 3.96. The van der Waals surface area contributed by atoms with E-state index in [2.05, 4.69) is 47.4 Å². The Morgan fingerprint density at radius 2 is 1.82 bits per heavy atom. The van der Waals surface area contributed by atoms with Crippen molar-refractivity contribution in [2.24, 2.45) is 0 Å². The molecule has 8 heteroatoms. The molecule has 5 nitrogen and oxygen atoms in total. The van der Waals surface area contributed by atoms with Gasteiger partial charge in [-0.05, 0) is 66.9 Å². The Balaban J connectivity index is 1.43. The molecule has 0 fully saturated rings. The average molecular weight is 519 g/mol. The number of aromatic nitrogens is 2. The van der Waals surface area contributed by atoms with Gasteiger partial charge in [-0.2, -0.15) is 0 Å². The van der Waals surface area contributed by atoms with Gasteiger partial charge in [0.05, 0.1) is 5.75 Å². The first-order chi connectivity index (χ1) is 13.6. The average Bonchev–Trinajstić information content (AvgIpc) is 3.18. The maximum absolute atomic E-state index is 12.2. The smallest absolute Gasteiger partial charge is 0.277 e. The van der Waals surface area contributed by atoms with Gasteiger partial charge in [-0.25, -0.2) is 0 Å². The summed E-state index contributed by atoms with van der Waals surface area (Å²) in [7, 11) is 0. The SMILES string of the molecule is O=C(CSc1nnc(-c2cccc3ccccc23)o1)Nc1ccc(Br)c(Br)c1. The van der Waals surface area contributed by atoms with Gasteiger partial charge in [0, 0.05) is 20.2 Å². The molecule has 28 heavy (non-hydrogen) atoms. The number of nitrogens with zero attached hydrogens (tertiary/aromatic N) is 2. The van der Waals surface area contributed by atoms with Crippen molar-refractivity contribution in [1.82, 2.24) is 10.2 Å². The van der Waals surface area contributed by atoms with E-state index in [9.17, 15) is 4.79 Å². The molecule has 0 unspecified atom stereocenters. The van der Waals surface area contributed by atoms with E-state index in [4.69, 9.17) is 4.42 Å². The number of carbonyl (C=O) groups is 1. The molecule has 0 saturated heterocycles. The van der Waals surface area contributed by atoms with Crippen LogP contribution in [-0.4, -0.2) is 21.9 Å². The highest BCUT2D eigenvalue weighted by atomic mass is 79.9. The second kappa shape index (κ2) is 8.46. The molecule has 4 rings (SSSR count). The highest BCUT2D eigenvalue weighted by molar-refractivity contribution is 9.13. The molecule has 1 aromatic heterocycles. The number of amides is 1. The first-order valence-electron chi connectivity index (χ1n) is 8.29. The Hall–Kier alpha value is -2.16. The predicted molar refractivity (Wildman–Crippen MR) is 118 cm³/mol. The van der Waals surface area contributed by atoms with Crippen molar-refractivity contribution in [3.63, 3.8) is 0 Å². The Morgan fingerprint density at radius 1 is 1.00 bits per heavy atom. The zero-order valence-corrected chi connectivity index (χ0v) is 18.3. The minimum atomic E-state index is -0.149. The fraction of sp³-hybridized carbons (Fsp3) is 0.0500. The van der Waals surface area contributed by atoms with E-state index in [0.29, 0.717) is 16.8 Å². The normalized spacial score (nSPS) is 10.9. The van der Waals surface area contributed by atoms with Crippen molar-refractivity contribution in [1.29, 1.82) is 0 Å². The Morgan fingerprint density at radius 3 is 2.68 bits per heavy atom. The first kappa shape index (κ1) is 19.2. The summed E-state index contributed by atoms with van der Waals surface area (Å²) >= 11 is 8.02. The molecule has 0 aliphatic heterocycles. The summed E-state index contributed by atoms with van der Waals surface area (Å²) in [6, 6.07) is 19.5. The number of anilines is 1.